The van der Waals surface area contributed by atoms with Crippen LogP contribution < -0.4 is 5.32 Å². The van der Waals surface area contributed by atoms with Gasteiger partial charge in [0.1, 0.15) is 5.76 Å². The number of aryl methyl sites for hydroxylation is 1. The van der Waals surface area contributed by atoms with Crippen LogP contribution >= 0.6 is 0 Å². The number of amides is 1. The SMILES string of the molecule is Cc1cc(Nc2ncc(C(=O)N(C)CCc3ccncc3)cn2)no1. The summed E-state index contributed by atoms with van der Waals surface area (Å²) in [6, 6.07) is 5.61. The number of nitrogens with zero attached hydrogens (tertiary/aromatic N) is 5. The summed E-state index contributed by atoms with van der Waals surface area (Å²) in [6.45, 7) is 2.39. The van der Waals surface area contributed by atoms with Crippen molar-refractivity contribution in [2.45, 2.75) is 13.3 Å². The van der Waals surface area contributed by atoms with E-state index in [9.17, 15) is 4.79 Å². The molecule has 0 unspecified atom stereocenters. The molecule has 0 aliphatic heterocycles. The Morgan fingerprint density at radius 3 is 2.60 bits per heavy atom. The summed E-state index contributed by atoms with van der Waals surface area (Å²) >= 11 is 0. The van der Waals surface area contributed by atoms with Crippen molar-refractivity contribution in [3.63, 3.8) is 0 Å². The first kappa shape index (κ1) is 16.6. The van der Waals surface area contributed by atoms with Crippen LogP contribution in [-0.2, 0) is 6.42 Å². The highest BCUT2D eigenvalue weighted by Crippen LogP contribution is 2.12. The van der Waals surface area contributed by atoms with E-state index >= 15 is 0 Å². The Bertz CT molecular complexity index is 832. The number of hydrogen-bond acceptors (Lipinski definition) is 7. The summed E-state index contributed by atoms with van der Waals surface area (Å²) in [5.41, 5.74) is 1.56. The Hall–Kier alpha value is -3.29. The van der Waals surface area contributed by atoms with Gasteiger partial charge in [-0.05, 0) is 31.0 Å². The molecule has 1 amide bonds. The molecule has 0 atom stereocenters. The number of nitrogens with one attached hydrogen (secondary N) is 1. The molecule has 0 bridgehead atoms. The summed E-state index contributed by atoms with van der Waals surface area (Å²) < 4.78 is 4.96. The van der Waals surface area contributed by atoms with E-state index in [4.69, 9.17) is 4.52 Å². The maximum absolute atomic E-state index is 12.4. The first-order valence-electron chi connectivity index (χ1n) is 7.78. The summed E-state index contributed by atoms with van der Waals surface area (Å²) in [4.78, 5) is 26.3. The lowest BCUT2D eigenvalue weighted by Crippen LogP contribution is -2.29. The van der Waals surface area contributed by atoms with Crippen LogP contribution in [0.15, 0.2) is 47.5 Å². The van der Waals surface area contributed by atoms with E-state index in [0.29, 0.717) is 29.6 Å². The van der Waals surface area contributed by atoms with Gasteiger partial charge in [-0.25, -0.2) is 9.97 Å². The quantitative estimate of drug-likeness (QED) is 0.736. The fraction of sp³-hybridized carbons (Fsp3) is 0.235. The zero-order valence-electron chi connectivity index (χ0n) is 14.0. The van der Waals surface area contributed by atoms with Crippen molar-refractivity contribution in [3.8, 4) is 0 Å². The Morgan fingerprint density at radius 2 is 1.96 bits per heavy atom. The van der Waals surface area contributed by atoms with Gasteiger partial charge < -0.3 is 14.7 Å². The molecule has 3 rings (SSSR count). The lowest BCUT2D eigenvalue weighted by atomic mass is 10.2. The summed E-state index contributed by atoms with van der Waals surface area (Å²) in [6.07, 6.45) is 7.23. The number of likely N-dealkylation sites (N-methyl/N-ethyl adjacent to an activating group) is 1. The van der Waals surface area contributed by atoms with Crippen molar-refractivity contribution >= 4 is 17.7 Å². The van der Waals surface area contributed by atoms with E-state index in [1.807, 2.05) is 12.1 Å². The predicted octanol–water partition coefficient (Wildman–Crippen LogP) is 2.23. The van der Waals surface area contributed by atoms with Gasteiger partial charge in [-0.1, -0.05) is 5.16 Å². The van der Waals surface area contributed by atoms with Crippen molar-refractivity contribution in [2.75, 3.05) is 18.9 Å². The van der Waals surface area contributed by atoms with Gasteiger partial charge in [0.25, 0.3) is 5.91 Å². The Balaban J connectivity index is 1.58. The molecule has 3 aromatic rings. The lowest BCUT2D eigenvalue weighted by molar-refractivity contribution is 0.0796. The minimum absolute atomic E-state index is 0.127. The maximum atomic E-state index is 12.4. The molecule has 0 fully saturated rings. The summed E-state index contributed by atoms with van der Waals surface area (Å²) in [7, 11) is 1.76. The van der Waals surface area contributed by atoms with Crippen LogP contribution in [0.2, 0.25) is 0 Å². The van der Waals surface area contributed by atoms with Crippen molar-refractivity contribution in [3.05, 3.63) is 59.9 Å². The van der Waals surface area contributed by atoms with Crippen LogP contribution in [-0.4, -0.2) is 44.5 Å². The van der Waals surface area contributed by atoms with Crippen LogP contribution in [0.25, 0.3) is 0 Å². The molecule has 0 aromatic carbocycles. The highest BCUT2D eigenvalue weighted by molar-refractivity contribution is 5.93. The molecule has 0 radical (unpaired) electrons. The smallest absolute Gasteiger partial charge is 0.256 e. The molecule has 8 heteroatoms. The van der Waals surface area contributed by atoms with E-state index in [1.165, 1.54) is 12.4 Å². The zero-order chi connectivity index (χ0) is 17.6. The highest BCUT2D eigenvalue weighted by Gasteiger charge is 2.13. The third-order valence-electron chi connectivity index (χ3n) is 3.60. The van der Waals surface area contributed by atoms with Gasteiger partial charge in [0.15, 0.2) is 5.82 Å². The minimum atomic E-state index is -0.127. The number of pyridine rings is 1. The third kappa shape index (κ3) is 4.37. The number of anilines is 2. The maximum Gasteiger partial charge on any atom is 0.256 e. The van der Waals surface area contributed by atoms with Crippen molar-refractivity contribution < 1.29 is 9.32 Å². The molecule has 0 aliphatic carbocycles. The Labute approximate surface area is 144 Å². The van der Waals surface area contributed by atoms with Gasteiger partial charge in [0, 0.05) is 44.4 Å². The van der Waals surface area contributed by atoms with Crippen molar-refractivity contribution in [1.29, 1.82) is 0 Å². The predicted molar refractivity (Wildman–Crippen MR) is 91.5 cm³/mol. The summed E-state index contributed by atoms with van der Waals surface area (Å²) in [5, 5.41) is 6.71. The van der Waals surface area contributed by atoms with E-state index < -0.39 is 0 Å². The lowest BCUT2D eigenvalue weighted by Gasteiger charge is -2.16. The molecule has 3 heterocycles. The molecule has 0 saturated carbocycles. The van der Waals surface area contributed by atoms with E-state index in [2.05, 4.69) is 25.4 Å². The normalized spacial score (nSPS) is 10.5. The van der Waals surface area contributed by atoms with Crippen LogP contribution in [0.4, 0.5) is 11.8 Å². The minimum Gasteiger partial charge on any atom is -0.360 e. The fourth-order valence-corrected chi connectivity index (χ4v) is 2.21. The molecular weight excluding hydrogens is 320 g/mol. The average Bonchev–Trinajstić information content (AvgIpc) is 3.05. The first-order chi connectivity index (χ1) is 12.1. The molecule has 1 N–H and O–H groups in total. The van der Waals surface area contributed by atoms with E-state index in [1.54, 1.807) is 37.3 Å². The number of rotatable bonds is 6. The van der Waals surface area contributed by atoms with Gasteiger partial charge in [-0.3, -0.25) is 9.78 Å². The van der Waals surface area contributed by atoms with Crippen LogP contribution in [0.1, 0.15) is 21.7 Å². The largest absolute Gasteiger partial charge is 0.360 e. The van der Waals surface area contributed by atoms with E-state index in [-0.39, 0.29) is 5.91 Å². The number of carbonyl (C=O) groups excluding carboxylic acids is 1. The average molecular weight is 338 g/mol. The fourth-order valence-electron chi connectivity index (χ4n) is 2.21. The van der Waals surface area contributed by atoms with Gasteiger partial charge in [0.2, 0.25) is 5.95 Å². The summed E-state index contributed by atoms with van der Waals surface area (Å²) in [5.74, 6) is 1.43. The topological polar surface area (TPSA) is 97.0 Å². The van der Waals surface area contributed by atoms with Gasteiger partial charge >= 0.3 is 0 Å². The number of aromatic nitrogens is 4. The second-order valence-electron chi connectivity index (χ2n) is 5.58. The molecule has 8 nitrogen and oxygen atoms in total. The van der Waals surface area contributed by atoms with Crippen molar-refractivity contribution in [2.24, 2.45) is 0 Å². The van der Waals surface area contributed by atoms with Gasteiger partial charge in [-0.15, -0.1) is 0 Å². The Morgan fingerprint density at radius 1 is 1.24 bits per heavy atom. The van der Waals surface area contributed by atoms with E-state index in [0.717, 1.165) is 12.0 Å². The molecule has 25 heavy (non-hydrogen) atoms. The standard InChI is InChI=1S/C17H18N6O2/c1-12-9-15(22-25-12)21-17-19-10-14(11-20-17)16(24)23(2)8-5-13-3-6-18-7-4-13/h3-4,6-7,9-11H,5,8H2,1-2H3,(H,19,20,21,22). The van der Waals surface area contributed by atoms with Crippen LogP contribution in [0.3, 0.4) is 0 Å². The van der Waals surface area contributed by atoms with Gasteiger partial charge in [-0.2, -0.15) is 0 Å². The van der Waals surface area contributed by atoms with Crippen LogP contribution in [0.5, 0.6) is 0 Å². The number of hydrogen-bond donors (Lipinski definition) is 1. The van der Waals surface area contributed by atoms with Gasteiger partial charge in [0.05, 0.1) is 5.56 Å². The molecule has 128 valence electrons. The first-order valence-corrected chi connectivity index (χ1v) is 7.78. The molecule has 0 saturated heterocycles. The second-order valence-corrected chi connectivity index (χ2v) is 5.58. The molecule has 3 aromatic heterocycles. The monoisotopic (exact) mass is 338 g/mol. The molecular formula is C17H18N6O2. The highest BCUT2D eigenvalue weighted by atomic mass is 16.5. The third-order valence-corrected chi connectivity index (χ3v) is 3.60. The Kier molecular flexibility index (Phi) is 4.98. The number of carbonyl (C=O) groups is 1. The van der Waals surface area contributed by atoms with Crippen molar-refractivity contribution in [1.82, 2.24) is 25.0 Å². The molecule has 0 spiro atoms. The second kappa shape index (κ2) is 7.52. The molecule has 0 aliphatic rings. The van der Waals surface area contributed by atoms with Crippen LogP contribution in [0, 0.1) is 6.92 Å². The zero-order valence-corrected chi connectivity index (χ0v) is 14.0.